The lowest BCUT2D eigenvalue weighted by Gasteiger charge is -2.05. The molecule has 0 fully saturated rings. The standard InChI is InChI=1S/C9H17NO/c1-3-4-5-9(11)6-8(2)7-10/h3,8H,1,4-7,10H2,2H3. The highest BCUT2D eigenvalue weighted by molar-refractivity contribution is 5.78. The van der Waals surface area contributed by atoms with Gasteiger partial charge in [-0.3, -0.25) is 4.79 Å². The lowest BCUT2D eigenvalue weighted by Crippen LogP contribution is -2.14. The van der Waals surface area contributed by atoms with E-state index < -0.39 is 0 Å². The van der Waals surface area contributed by atoms with Gasteiger partial charge in [0.25, 0.3) is 0 Å². The minimum absolute atomic E-state index is 0.294. The smallest absolute Gasteiger partial charge is 0.133 e. The van der Waals surface area contributed by atoms with Crippen LogP contribution < -0.4 is 5.73 Å². The third-order valence-corrected chi connectivity index (χ3v) is 1.61. The van der Waals surface area contributed by atoms with Crippen LogP contribution in [0.15, 0.2) is 12.7 Å². The van der Waals surface area contributed by atoms with Crippen LogP contribution in [0.5, 0.6) is 0 Å². The highest BCUT2D eigenvalue weighted by atomic mass is 16.1. The predicted octanol–water partition coefficient (Wildman–Crippen LogP) is 1.51. The number of carbonyl (C=O) groups excluding carboxylic acids is 1. The van der Waals surface area contributed by atoms with Crippen LogP contribution in [0.25, 0.3) is 0 Å². The zero-order valence-electron chi connectivity index (χ0n) is 7.18. The summed E-state index contributed by atoms with van der Waals surface area (Å²) in [5.41, 5.74) is 5.38. The fourth-order valence-corrected chi connectivity index (χ4v) is 0.837. The Morgan fingerprint density at radius 1 is 1.73 bits per heavy atom. The molecule has 2 nitrogen and oxygen atoms in total. The molecule has 0 aliphatic carbocycles. The minimum atomic E-state index is 0.294. The Balaban J connectivity index is 3.43. The molecule has 2 N–H and O–H groups in total. The van der Waals surface area contributed by atoms with Crippen molar-refractivity contribution in [1.29, 1.82) is 0 Å². The van der Waals surface area contributed by atoms with Crippen LogP contribution in [0.1, 0.15) is 26.2 Å². The highest BCUT2D eigenvalue weighted by Crippen LogP contribution is 2.04. The fraction of sp³-hybridized carbons (Fsp3) is 0.667. The van der Waals surface area contributed by atoms with Crippen LogP contribution in [0.2, 0.25) is 0 Å². The second-order valence-electron chi connectivity index (χ2n) is 2.91. The average Bonchev–Trinajstić information content (AvgIpc) is 2.00. The van der Waals surface area contributed by atoms with Crippen molar-refractivity contribution in [3.63, 3.8) is 0 Å². The van der Waals surface area contributed by atoms with Crippen molar-refractivity contribution in [2.24, 2.45) is 11.7 Å². The van der Waals surface area contributed by atoms with Crippen molar-refractivity contribution < 1.29 is 4.79 Å². The van der Waals surface area contributed by atoms with Gasteiger partial charge in [-0.15, -0.1) is 6.58 Å². The van der Waals surface area contributed by atoms with Crippen molar-refractivity contribution in [3.05, 3.63) is 12.7 Å². The average molecular weight is 155 g/mol. The van der Waals surface area contributed by atoms with Crippen molar-refractivity contribution in [2.45, 2.75) is 26.2 Å². The number of rotatable bonds is 6. The Morgan fingerprint density at radius 3 is 2.82 bits per heavy atom. The molecule has 0 saturated heterocycles. The van der Waals surface area contributed by atoms with E-state index in [-0.39, 0.29) is 0 Å². The number of Topliss-reactive ketones (excluding diaryl/α,β-unsaturated/α-hetero) is 1. The summed E-state index contributed by atoms with van der Waals surface area (Å²) in [4.78, 5) is 11.1. The molecule has 0 heterocycles. The van der Waals surface area contributed by atoms with E-state index >= 15 is 0 Å². The first-order valence-electron chi connectivity index (χ1n) is 4.03. The van der Waals surface area contributed by atoms with Gasteiger partial charge in [-0.2, -0.15) is 0 Å². The number of hydrogen-bond donors (Lipinski definition) is 1. The monoisotopic (exact) mass is 155 g/mol. The molecule has 0 bridgehead atoms. The Morgan fingerprint density at radius 2 is 2.36 bits per heavy atom. The van der Waals surface area contributed by atoms with Crippen molar-refractivity contribution in [1.82, 2.24) is 0 Å². The summed E-state index contributed by atoms with van der Waals surface area (Å²) in [5, 5.41) is 0. The lowest BCUT2D eigenvalue weighted by molar-refractivity contribution is -0.119. The second-order valence-corrected chi connectivity index (χ2v) is 2.91. The Kier molecular flexibility index (Phi) is 5.75. The number of allylic oxidation sites excluding steroid dienone is 1. The van der Waals surface area contributed by atoms with E-state index in [4.69, 9.17) is 5.73 Å². The number of ketones is 1. The summed E-state index contributed by atoms with van der Waals surface area (Å²) in [7, 11) is 0. The van der Waals surface area contributed by atoms with E-state index in [2.05, 4.69) is 6.58 Å². The molecule has 64 valence electrons. The summed E-state index contributed by atoms with van der Waals surface area (Å²) >= 11 is 0. The molecule has 0 amide bonds. The van der Waals surface area contributed by atoms with E-state index in [0.29, 0.717) is 31.1 Å². The van der Waals surface area contributed by atoms with Crippen LogP contribution in [0.4, 0.5) is 0 Å². The molecule has 0 rings (SSSR count). The van der Waals surface area contributed by atoms with Crippen molar-refractivity contribution in [2.75, 3.05) is 6.54 Å². The lowest BCUT2D eigenvalue weighted by atomic mass is 10.0. The summed E-state index contributed by atoms with van der Waals surface area (Å²) < 4.78 is 0. The van der Waals surface area contributed by atoms with Gasteiger partial charge in [-0.05, 0) is 18.9 Å². The second kappa shape index (κ2) is 6.10. The van der Waals surface area contributed by atoms with Gasteiger partial charge in [0, 0.05) is 12.8 Å². The van der Waals surface area contributed by atoms with E-state index in [1.807, 2.05) is 6.92 Å². The fourth-order valence-electron chi connectivity index (χ4n) is 0.837. The van der Waals surface area contributed by atoms with E-state index in [1.165, 1.54) is 0 Å². The topological polar surface area (TPSA) is 43.1 Å². The van der Waals surface area contributed by atoms with Crippen LogP contribution in [-0.2, 0) is 4.79 Å². The Labute approximate surface area is 68.5 Å². The molecule has 0 saturated carbocycles. The van der Waals surface area contributed by atoms with Gasteiger partial charge in [0.1, 0.15) is 5.78 Å². The largest absolute Gasteiger partial charge is 0.330 e. The minimum Gasteiger partial charge on any atom is -0.330 e. The molecule has 1 unspecified atom stereocenters. The van der Waals surface area contributed by atoms with Crippen LogP contribution in [0, 0.1) is 5.92 Å². The summed E-state index contributed by atoms with van der Waals surface area (Å²) in [6.45, 7) is 6.14. The van der Waals surface area contributed by atoms with Gasteiger partial charge in [-0.1, -0.05) is 13.0 Å². The van der Waals surface area contributed by atoms with Crippen LogP contribution in [0.3, 0.4) is 0 Å². The molecule has 0 spiro atoms. The molecular weight excluding hydrogens is 138 g/mol. The van der Waals surface area contributed by atoms with Gasteiger partial charge in [-0.25, -0.2) is 0 Å². The Hall–Kier alpha value is -0.630. The predicted molar refractivity (Wildman–Crippen MR) is 47.3 cm³/mol. The van der Waals surface area contributed by atoms with Gasteiger partial charge >= 0.3 is 0 Å². The number of hydrogen-bond acceptors (Lipinski definition) is 2. The van der Waals surface area contributed by atoms with Crippen molar-refractivity contribution >= 4 is 5.78 Å². The van der Waals surface area contributed by atoms with E-state index in [9.17, 15) is 4.79 Å². The zero-order valence-corrected chi connectivity index (χ0v) is 7.18. The third-order valence-electron chi connectivity index (χ3n) is 1.61. The maximum Gasteiger partial charge on any atom is 0.133 e. The molecule has 1 atom stereocenters. The van der Waals surface area contributed by atoms with Gasteiger partial charge in [0.2, 0.25) is 0 Å². The van der Waals surface area contributed by atoms with E-state index in [0.717, 1.165) is 6.42 Å². The molecule has 0 aliphatic heterocycles. The molecule has 0 aromatic heterocycles. The first-order valence-corrected chi connectivity index (χ1v) is 4.03. The van der Waals surface area contributed by atoms with Gasteiger partial charge in [0.15, 0.2) is 0 Å². The number of nitrogens with two attached hydrogens (primary N) is 1. The molecule has 11 heavy (non-hydrogen) atoms. The first-order chi connectivity index (χ1) is 5.20. The molecule has 0 aromatic rings. The molecule has 0 aromatic carbocycles. The summed E-state index contributed by atoms with van der Waals surface area (Å²) in [5.74, 6) is 0.621. The van der Waals surface area contributed by atoms with Gasteiger partial charge in [0.05, 0.1) is 0 Å². The molecule has 0 aliphatic rings. The third kappa shape index (κ3) is 5.80. The van der Waals surface area contributed by atoms with Gasteiger partial charge < -0.3 is 5.73 Å². The molecule has 2 heteroatoms. The zero-order chi connectivity index (χ0) is 8.69. The Bertz CT molecular complexity index is 132. The maximum atomic E-state index is 11.1. The SMILES string of the molecule is C=CCCC(=O)CC(C)CN. The van der Waals surface area contributed by atoms with Crippen LogP contribution >= 0.6 is 0 Å². The normalized spacial score (nSPS) is 12.5. The first kappa shape index (κ1) is 10.4. The van der Waals surface area contributed by atoms with Crippen molar-refractivity contribution in [3.8, 4) is 0 Å². The maximum absolute atomic E-state index is 11.1. The van der Waals surface area contributed by atoms with E-state index in [1.54, 1.807) is 6.08 Å². The summed E-state index contributed by atoms with van der Waals surface area (Å²) in [6.07, 6.45) is 3.79. The highest BCUT2D eigenvalue weighted by Gasteiger charge is 2.05. The summed E-state index contributed by atoms with van der Waals surface area (Å²) in [6, 6.07) is 0. The molecular formula is C9H17NO. The number of carbonyl (C=O) groups is 1. The quantitative estimate of drug-likeness (QED) is 0.591. The van der Waals surface area contributed by atoms with Crippen LogP contribution in [-0.4, -0.2) is 12.3 Å². The molecule has 0 radical (unpaired) electrons.